The molecule has 2 aliphatic heterocycles. The SMILES string of the molecule is FC(F)(F)c1cccnc1-c1ccc(C2(C(F)(F)F)Nc3cccc(N4CCOCC4)c3N2)cc1. The van der Waals surface area contributed by atoms with Crippen LogP contribution in [0.3, 0.4) is 0 Å². The highest BCUT2D eigenvalue weighted by Gasteiger charge is 2.60. The molecule has 5 nitrogen and oxygen atoms in total. The van der Waals surface area contributed by atoms with Gasteiger partial charge in [0, 0.05) is 30.4 Å². The van der Waals surface area contributed by atoms with Crippen LogP contribution < -0.4 is 15.5 Å². The van der Waals surface area contributed by atoms with Crippen molar-refractivity contribution in [3.63, 3.8) is 0 Å². The number of benzene rings is 2. The summed E-state index contributed by atoms with van der Waals surface area (Å²) in [6.45, 7) is 2.02. The highest BCUT2D eigenvalue weighted by molar-refractivity contribution is 5.89. The Morgan fingerprint density at radius 2 is 1.57 bits per heavy atom. The molecule has 5 rings (SSSR count). The van der Waals surface area contributed by atoms with Crippen LogP contribution in [-0.4, -0.2) is 37.5 Å². The predicted molar refractivity (Wildman–Crippen MR) is 119 cm³/mol. The fourth-order valence-corrected chi connectivity index (χ4v) is 4.46. The lowest BCUT2D eigenvalue weighted by Gasteiger charge is -2.34. The number of fused-ring (bicyclic) bond motifs is 1. The van der Waals surface area contributed by atoms with Crippen molar-refractivity contribution in [1.82, 2.24) is 4.98 Å². The van der Waals surface area contributed by atoms with Gasteiger partial charge in [0.15, 0.2) is 0 Å². The maximum absolute atomic E-state index is 14.6. The summed E-state index contributed by atoms with van der Waals surface area (Å²) in [5, 5.41) is 5.24. The van der Waals surface area contributed by atoms with Gasteiger partial charge in [-0.1, -0.05) is 30.3 Å². The lowest BCUT2D eigenvalue weighted by Crippen LogP contribution is -2.52. The zero-order valence-corrected chi connectivity index (χ0v) is 18.2. The van der Waals surface area contributed by atoms with Crippen LogP contribution in [0.15, 0.2) is 60.8 Å². The van der Waals surface area contributed by atoms with Crippen molar-refractivity contribution in [3.05, 3.63) is 71.9 Å². The summed E-state index contributed by atoms with van der Waals surface area (Å²) >= 11 is 0. The average molecular weight is 494 g/mol. The van der Waals surface area contributed by atoms with Crippen LogP contribution in [-0.2, 0) is 16.6 Å². The minimum atomic E-state index is -4.78. The van der Waals surface area contributed by atoms with Crippen molar-refractivity contribution in [2.75, 3.05) is 41.8 Å². The van der Waals surface area contributed by atoms with Gasteiger partial charge >= 0.3 is 12.4 Å². The smallest absolute Gasteiger partial charge is 0.378 e. The number of nitrogens with one attached hydrogen (secondary N) is 2. The monoisotopic (exact) mass is 494 g/mol. The largest absolute Gasteiger partial charge is 0.434 e. The van der Waals surface area contributed by atoms with Gasteiger partial charge < -0.3 is 20.3 Å². The molecule has 184 valence electrons. The Morgan fingerprint density at radius 1 is 0.857 bits per heavy atom. The molecule has 0 radical (unpaired) electrons. The minimum absolute atomic E-state index is 0.0588. The highest BCUT2D eigenvalue weighted by Crippen LogP contribution is 2.51. The maximum atomic E-state index is 14.6. The Morgan fingerprint density at radius 3 is 2.23 bits per heavy atom. The van der Waals surface area contributed by atoms with Crippen LogP contribution in [0, 0.1) is 0 Å². The number of alkyl halides is 6. The molecule has 3 aromatic rings. The third-order valence-electron chi connectivity index (χ3n) is 6.16. The van der Waals surface area contributed by atoms with Gasteiger partial charge in [-0.2, -0.15) is 26.3 Å². The van der Waals surface area contributed by atoms with Crippen LogP contribution in [0.4, 0.5) is 43.4 Å². The Bertz CT molecular complexity index is 1220. The molecular formula is C24H20F6N4O. The predicted octanol–water partition coefficient (Wildman–Crippen LogP) is 5.86. The van der Waals surface area contributed by atoms with Gasteiger partial charge in [0.1, 0.15) is 0 Å². The molecule has 0 saturated carbocycles. The summed E-state index contributed by atoms with van der Waals surface area (Å²) in [7, 11) is 0. The van der Waals surface area contributed by atoms with E-state index in [0.717, 1.165) is 24.3 Å². The van der Waals surface area contributed by atoms with Crippen LogP contribution in [0.2, 0.25) is 0 Å². The van der Waals surface area contributed by atoms with Gasteiger partial charge in [-0.3, -0.25) is 4.98 Å². The molecule has 0 aliphatic carbocycles. The second-order valence-corrected chi connectivity index (χ2v) is 8.27. The molecule has 2 N–H and O–H groups in total. The van der Waals surface area contributed by atoms with Gasteiger partial charge in [0.05, 0.1) is 41.5 Å². The number of halogens is 6. The quantitative estimate of drug-likeness (QED) is 0.447. The van der Waals surface area contributed by atoms with E-state index in [1.165, 1.54) is 18.3 Å². The van der Waals surface area contributed by atoms with E-state index >= 15 is 0 Å². The van der Waals surface area contributed by atoms with Crippen LogP contribution in [0.1, 0.15) is 11.1 Å². The fourth-order valence-electron chi connectivity index (χ4n) is 4.46. The van der Waals surface area contributed by atoms with Crippen molar-refractivity contribution in [1.29, 1.82) is 0 Å². The van der Waals surface area contributed by atoms with E-state index in [1.807, 2.05) is 4.90 Å². The van der Waals surface area contributed by atoms with Crippen molar-refractivity contribution < 1.29 is 31.1 Å². The molecule has 1 unspecified atom stereocenters. The molecule has 1 fully saturated rings. The molecule has 3 heterocycles. The number of nitrogens with zero attached hydrogens (tertiary/aromatic N) is 2. The Balaban J connectivity index is 1.54. The average Bonchev–Trinajstić information content (AvgIpc) is 3.26. The third kappa shape index (κ3) is 4.03. The first-order valence-corrected chi connectivity index (χ1v) is 10.8. The summed E-state index contributed by atoms with van der Waals surface area (Å²) < 4.78 is 89.2. The minimum Gasteiger partial charge on any atom is -0.378 e. The number of anilines is 3. The number of rotatable bonds is 3. The number of hydrogen-bond acceptors (Lipinski definition) is 5. The molecular weight excluding hydrogens is 474 g/mol. The number of hydrogen-bond donors (Lipinski definition) is 2. The zero-order chi connectivity index (χ0) is 24.8. The summed E-state index contributed by atoms with van der Waals surface area (Å²) in [4.78, 5) is 5.77. The molecule has 11 heteroatoms. The normalized spacial score (nSPS) is 20.2. The second-order valence-electron chi connectivity index (χ2n) is 8.27. The molecule has 1 atom stereocenters. The molecule has 0 spiro atoms. The summed E-state index contributed by atoms with van der Waals surface area (Å²) in [5.74, 6) is 0. The van der Waals surface area contributed by atoms with Gasteiger partial charge in [0.2, 0.25) is 5.66 Å². The first-order chi connectivity index (χ1) is 16.6. The Hall–Kier alpha value is -3.47. The Labute approximate surface area is 196 Å². The summed E-state index contributed by atoms with van der Waals surface area (Å²) in [6, 6.07) is 11.8. The maximum Gasteiger partial charge on any atom is 0.434 e. The molecule has 1 aromatic heterocycles. The van der Waals surface area contributed by atoms with E-state index in [-0.39, 0.29) is 22.5 Å². The summed E-state index contributed by atoms with van der Waals surface area (Å²) in [6.07, 6.45) is -8.22. The lowest BCUT2D eigenvalue weighted by atomic mass is 9.96. The topological polar surface area (TPSA) is 49.4 Å². The van der Waals surface area contributed by atoms with E-state index < -0.39 is 23.6 Å². The van der Waals surface area contributed by atoms with E-state index in [1.54, 1.807) is 18.2 Å². The van der Waals surface area contributed by atoms with Crippen LogP contribution >= 0.6 is 0 Å². The first-order valence-electron chi connectivity index (χ1n) is 10.8. The summed E-state index contributed by atoms with van der Waals surface area (Å²) in [5.41, 5.74) is -2.90. The highest BCUT2D eigenvalue weighted by atomic mass is 19.4. The van der Waals surface area contributed by atoms with Crippen molar-refractivity contribution in [2.24, 2.45) is 0 Å². The Kier molecular flexibility index (Phi) is 5.54. The van der Waals surface area contributed by atoms with E-state index in [9.17, 15) is 26.3 Å². The standard InChI is InChI=1S/C24H20F6N4O/c25-23(26,27)17-3-2-10-31-20(17)15-6-8-16(9-7-15)22(24(28,29)30)32-18-4-1-5-19(21(18)33-22)34-11-13-35-14-12-34/h1-10,32-33H,11-14H2. The number of pyridine rings is 1. The van der Waals surface area contributed by atoms with Crippen molar-refractivity contribution in [3.8, 4) is 11.3 Å². The molecule has 0 bridgehead atoms. The third-order valence-corrected chi connectivity index (χ3v) is 6.16. The molecule has 2 aliphatic rings. The van der Waals surface area contributed by atoms with Crippen molar-refractivity contribution in [2.45, 2.75) is 18.0 Å². The number of aromatic nitrogens is 1. The van der Waals surface area contributed by atoms with Gasteiger partial charge in [-0.15, -0.1) is 0 Å². The van der Waals surface area contributed by atoms with Crippen molar-refractivity contribution >= 4 is 17.1 Å². The lowest BCUT2D eigenvalue weighted by molar-refractivity contribution is -0.172. The van der Waals surface area contributed by atoms with E-state index in [4.69, 9.17) is 4.74 Å². The zero-order valence-electron chi connectivity index (χ0n) is 18.2. The van der Waals surface area contributed by atoms with E-state index in [2.05, 4.69) is 15.6 Å². The van der Waals surface area contributed by atoms with Gasteiger partial charge in [-0.05, 0) is 24.3 Å². The van der Waals surface area contributed by atoms with E-state index in [0.29, 0.717) is 37.7 Å². The fraction of sp³-hybridized carbons (Fsp3) is 0.292. The molecule has 0 amide bonds. The number of ether oxygens (including phenoxy) is 1. The van der Waals surface area contributed by atoms with Gasteiger partial charge in [-0.25, -0.2) is 0 Å². The van der Waals surface area contributed by atoms with Gasteiger partial charge in [0.25, 0.3) is 0 Å². The number of morpholine rings is 1. The molecule has 35 heavy (non-hydrogen) atoms. The molecule has 1 saturated heterocycles. The molecule has 2 aromatic carbocycles. The van der Waals surface area contributed by atoms with Crippen LogP contribution in [0.5, 0.6) is 0 Å². The van der Waals surface area contributed by atoms with Crippen LogP contribution in [0.25, 0.3) is 11.3 Å². The number of para-hydroxylation sites is 1. The first kappa shape index (κ1) is 23.3. The second kappa shape index (κ2) is 8.33.